The first-order valence-corrected chi connectivity index (χ1v) is 2.45. The fourth-order valence-corrected chi connectivity index (χ4v) is 0.249. The minimum atomic E-state index is -1.15. The van der Waals surface area contributed by atoms with Crippen molar-refractivity contribution in [3.05, 3.63) is 0 Å². The van der Waals surface area contributed by atoms with Gasteiger partial charge in [-0.15, -0.1) is 0 Å². The Balaban J connectivity index is 3.43. The van der Waals surface area contributed by atoms with E-state index < -0.39 is 18.7 Å². The van der Waals surface area contributed by atoms with Gasteiger partial charge in [0.25, 0.3) is 0 Å². The molecule has 0 spiro atoms. The molecule has 0 N–H and O–H groups in total. The summed E-state index contributed by atoms with van der Waals surface area (Å²) in [6.07, 6.45) is -0.777. The van der Waals surface area contributed by atoms with Crippen LogP contribution in [-0.2, 0) is 19.1 Å². The Morgan fingerprint density at radius 2 is 2.10 bits per heavy atom. The molecule has 0 aromatic heterocycles. The highest BCUT2D eigenvalue weighted by Crippen LogP contribution is 1.83. The molecule has 0 aromatic rings. The predicted molar refractivity (Wildman–Crippen MR) is 29.2 cm³/mol. The number of carbonyl (C=O) groups excluding carboxylic acids is 3. The maximum Gasteiger partial charge on any atom is 0.516 e. The summed E-state index contributed by atoms with van der Waals surface area (Å²) < 4.78 is 7.95. The molecule has 5 heteroatoms. The molecule has 0 aliphatic carbocycles. The van der Waals surface area contributed by atoms with E-state index in [9.17, 15) is 14.4 Å². The highest BCUT2D eigenvalue weighted by Gasteiger charge is 2.04. The van der Waals surface area contributed by atoms with Gasteiger partial charge in [0.05, 0.1) is 0 Å². The molecule has 0 radical (unpaired) electrons. The van der Waals surface area contributed by atoms with Crippen molar-refractivity contribution in [3.63, 3.8) is 0 Å². The van der Waals surface area contributed by atoms with Crippen molar-refractivity contribution in [2.45, 2.75) is 6.92 Å². The lowest BCUT2D eigenvalue weighted by atomic mass is 10.8. The molecule has 0 amide bonds. The number of esters is 1. The highest BCUT2D eigenvalue weighted by atomic mass is 16.7. The fraction of sp³-hybridized carbons (Fsp3) is 0.400. The number of hydrogen-bond donors (Lipinski definition) is 0. The Morgan fingerprint density at radius 1 is 1.50 bits per heavy atom. The topological polar surface area (TPSA) is 69.7 Å². The predicted octanol–water partition coefficient (Wildman–Crippen LogP) is -0.115. The van der Waals surface area contributed by atoms with Crippen molar-refractivity contribution >= 4 is 18.4 Å². The molecule has 5 nitrogen and oxygen atoms in total. The van der Waals surface area contributed by atoms with E-state index in [0.29, 0.717) is 6.29 Å². The summed E-state index contributed by atoms with van der Waals surface area (Å²) in [5, 5.41) is 0. The molecule has 0 heterocycles. The Kier molecular flexibility index (Phi) is 3.86. The second-order valence-electron chi connectivity index (χ2n) is 1.32. The first kappa shape index (κ1) is 8.61. The van der Waals surface area contributed by atoms with Gasteiger partial charge in [-0.05, 0) is 0 Å². The Morgan fingerprint density at radius 3 is 2.50 bits per heavy atom. The molecule has 0 rings (SSSR count). The molecule has 0 saturated heterocycles. The van der Waals surface area contributed by atoms with Crippen molar-refractivity contribution in [2.24, 2.45) is 0 Å². The van der Waals surface area contributed by atoms with Crippen molar-refractivity contribution in [1.29, 1.82) is 0 Å². The van der Waals surface area contributed by atoms with Crippen LogP contribution < -0.4 is 0 Å². The molecule has 0 aromatic carbocycles. The van der Waals surface area contributed by atoms with Crippen LogP contribution in [0.15, 0.2) is 0 Å². The first-order chi connectivity index (χ1) is 4.66. The van der Waals surface area contributed by atoms with Gasteiger partial charge in [-0.25, -0.2) is 4.79 Å². The number of hydrogen-bond acceptors (Lipinski definition) is 5. The third-order valence-electron chi connectivity index (χ3n) is 0.496. The maximum atomic E-state index is 10.2. The van der Waals surface area contributed by atoms with Crippen LogP contribution in [0.5, 0.6) is 0 Å². The summed E-state index contributed by atoms with van der Waals surface area (Å²) >= 11 is 0. The molecule has 0 fully saturated rings. The molecule has 0 aliphatic heterocycles. The monoisotopic (exact) mass is 146 g/mol. The zero-order valence-electron chi connectivity index (χ0n) is 5.33. The van der Waals surface area contributed by atoms with Crippen LogP contribution in [-0.4, -0.2) is 25.0 Å². The van der Waals surface area contributed by atoms with E-state index in [1.54, 1.807) is 0 Å². The average Bonchev–Trinajstić information content (AvgIpc) is 1.82. The van der Waals surface area contributed by atoms with Gasteiger partial charge < -0.3 is 9.47 Å². The van der Waals surface area contributed by atoms with E-state index in [1.165, 1.54) is 0 Å². The second kappa shape index (κ2) is 4.49. The lowest BCUT2D eigenvalue weighted by Gasteiger charge is -1.96. The highest BCUT2D eigenvalue weighted by molar-refractivity contribution is 5.80. The molecule has 56 valence electrons. The van der Waals surface area contributed by atoms with E-state index in [2.05, 4.69) is 9.47 Å². The van der Waals surface area contributed by atoms with Crippen LogP contribution in [0.25, 0.3) is 0 Å². The smallest absolute Gasteiger partial charge is 0.426 e. The minimum Gasteiger partial charge on any atom is -0.426 e. The third-order valence-corrected chi connectivity index (χ3v) is 0.496. The van der Waals surface area contributed by atoms with Gasteiger partial charge in [0, 0.05) is 6.92 Å². The van der Waals surface area contributed by atoms with Gasteiger partial charge in [0.2, 0.25) is 0 Å². The van der Waals surface area contributed by atoms with Crippen LogP contribution in [0.1, 0.15) is 6.92 Å². The van der Waals surface area contributed by atoms with Gasteiger partial charge >= 0.3 is 12.1 Å². The van der Waals surface area contributed by atoms with E-state index in [0.717, 1.165) is 6.92 Å². The number of carbonyl (C=O) groups is 3. The van der Waals surface area contributed by atoms with E-state index in [-0.39, 0.29) is 0 Å². The summed E-state index contributed by atoms with van der Waals surface area (Å²) in [6.45, 7) is 0.661. The molecule has 0 aliphatic rings. The van der Waals surface area contributed by atoms with Gasteiger partial charge in [-0.3, -0.25) is 9.59 Å². The van der Waals surface area contributed by atoms with Crippen molar-refractivity contribution in [2.75, 3.05) is 6.61 Å². The van der Waals surface area contributed by atoms with Crippen LogP contribution in [0, 0.1) is 0 Å². The average molecular weight is 146 g/mol. The lowest BCUT2D eigenvalue weighted by molar-refractivity contribution is -0.137. The summed E-state index contributed by atoms with van der Waals surface area (Å²) in [7, 11) is 0. The van der Waals surface area contributed by atoms with Gasteiger partial charge in [0.1, 0.15) is 0 Å². The molecule has 10 heavy (non-hydrogen) atoms. The molecule has 0 unspecified atom stereocenters. The van der Waals surface area contributed by atoms with Crippen LogP contribution in [0.3, 0.4) is 0 Å². The second-order valence-corrected chi connectivity index (χ2v) is 1.32. The number of ether oxygens (including phenoxy) is 2. The molecular formula is C5H6O5. The van der Waals surface area contributed by atoms with E-state index in [1.807, 2.05) is 0 Å². The van der Waals surface area contributed by atoms with Gasteiger partial charge in [0.15, 0.2) is 12.9 Å². The fourth-order valence-electron chi connectivity index (χ4n) is 0.249. The Bertz CT molecular complexity index is 150. The van der Waals surface area contributed by atoms with Gasteiger partial charge in [-0.2, -0.15) is 0 Å². The zero-order valence-corrected chi connectivity index (χ0v) is 5.33. The van der Waals surface area contributed by atoms with Crippen LogP contribution in [0.4, 0.5) is 4.79 Å². The largest absolute Gasteiger partial charge is 0.516 e. The minimum absolute atomic E-state index is 0.376. The van der Waals surface area contributed by atoms with Crippen molar-refractivity contribution < 1.29 is 23.9 Å². The van der Waals surface area contributed by atoms with Crippen LogP contribution in [0.2, 0.25) is 0 Å². The summed E-state index contributed by atoms with van der Waals surface area (Å²) in [6, 6.07) is 0. The normalized spacial score (nSPS) is 8.10. The number of rotatable bonds is 2. The van der Waals surface area contributed by atoms with Crippen LogP contribution >= 0.6 is 0 Å². The first-order valence-electron chi connectivity index (χ1n) is 2.45. The van der Waals surface area contributed by atoms with E-state index in [4.69, 9.17) is 0 Å². The molecule has 0 saturated carbocycles. The molecular weight excluding hydrogens is 140 g/mol. The lowest BCUT2D eigenvalue weighted by Crippen LogP contribution is -2.11. The molecule has 0 atom stereocenters. The van der Waals surface area contributed by atoms with E-state index >= 15 is 0 Å². The summed E-state index contributed by atoms with van der Waals surface area (Å²) in [5.74, 6) is -0.768. The summed E-state index contributed by atoms with van der Waals surface area (Å²) in [5.41, 5.74) is 0. The number of aldehydes is 1. The third kappa shape index (κ3) is 4.76. The SMILES string of the molecule is CC(=O)OC(=O)OCC=O. The van der Waals surface area contributed by atoms with Crippen molar-refractivity contribution in [1.82, 2.24) is 0 Å². The quantitative estimate of drug-likeness (QED) is 0.308. The summed E-state index contributed by atoms with van der Waals surface area (Å²) in [4.78, 5) is 29.8. The van der Waals surface area contributed by atoms with Gasteiger partial charge in [-0.1, -0.05) is 0 Å². The standard InChI is InChI=1S/C5H6O5/c1-4(7)10-5(8)9-3-2-6/h2H,3H2,1H3. The molecule has 0 bridgehead atoms. The Hall–Kier alpha value is -1.39. The zero-order chi connectivity index (χ0) is 7.98. The maximum absolute atomic E-state index is 10.2. The Labute approximate surface area is 56.9 Å². The van der Waals surface area contributed by atoms with Crippen molar-refractivity contribution in [3.8, 4) is 0 Å².